The Hall–Kier alpha value is -1.56. The van der Waals surface area contributed by atoms with Crippen LogP contribution in [0.1, 0.15) is 55.8 Å². The zero-order chi connectivity index (χ0) is 20.0. The van der Waals surface area contributed by atoms with Gasteiger partial charge in [-0.25, -0.2) is 0 Å². The fraction of sp³-hybridized carbons (Fsp3) is 0.667. The second-order valence-electron chi connectivity index (χ2n) is 9.55. The number of hydrogen-bond acceptors (Lipinski definition) is 4. The van der Waals surface area contributed by atoms with Crippen LogP contribution < -0.4 is 10.1 Å². The van der Waals surface area contributed by atoms with E-state index in [-0.39, 0.29) is 18.1 Å². The predicted molar refractivity (Wildman–Crippen MR) is 117 cm³/mol. The summed E-state index contributed by atoms with van der Waals surface area (Å²) in [6, 6.07) is 6.47. The maximum absolute atomic E-state index is 10.1. The topological polar surface area (TPSA) is 49.7 Å². The van der Waals surface area contributed by atoms with Gasteiger partial charge < -0.3 is 24.6 Å². The van der Waals surface area contributed by atoms with Crippen LogP contribution in [0.15, 0.2) is 18.2 Å². The van der Waals surface area contributed by atoms with Gasteiger partial charge in [0.15, 0.2) is 0 Å². The summed E-state index contributed by atoms with van der Waals surface area (Å²) in [7, 11) is 3.86. The van der Waals surface area contributed by atoms with Crippen LogP contribution in [0, 0.1) is 5.92 Å². The van der Waals surface area contributed by atoms with Crippen molar-refractivity contribution in [2.75, 3.05) is 39.9 Å². The molecule has 2 fully saturated rings. The number of hydrogen-bond donors (Lipinski definition) is 2. The van der Waals surface area contributed by atoms with Gasteiger partial charge in [0, 0.05) is 42.7 Å². The van der Waals surface area contributed by atoms with Crippen molar-refractivity contribution < 1.29 is 9.84 Å². The fourth-order valence-electron chi connectivity index (χ4n) is 6.33. The van der Waals surface area contributed by atoms with Crippen molar-refractivity contribution in [1.82, 2.24) is 14.8 Å². The molecule has 3 heterocycles. The molecule has 1 aromatic carbocycles. The molecule has 1 atom stereocenters. The van der Waals surface area contributed by atoms with Crippen molar-refractivity contribution >= 4 is 10.9 Å². The summed E-state index contributed by atoms with van der Waals surface area (Å²) in [6.45, 7) is 4.77. The van der Waals surface area contributed by atoms with Gasteiger partial charge in [-0.05, 0) is 62.4 Å². The summed E-state index contributed by atoms with van der Waals surface area (Å²) in [6.07, 6.45) is 8.11. The lowest BCUT2D eigenvalue weighted by atomic mass is 9.69. The van der Waals surface area contributed by atoms with E-state index in [4.69, 9.17) is 4.74 Å². The Bertz CT molecular complexity index is 876. The highest BCUT2D eigenvalue weighted by Gasteiger charge is 2.45. The van der Waals surface area contributed by atoms with E-state index in [1.165, 1.54) is 80.3 Å². The number of ether oxygens (including phenoxy) is 1. The van der Waals surface area contributed by atoms with Gasteiger partial charge >= 0.3 is 0 Å². The third-order valence-corrected chi connectivity index (χ3v) is 7.99. The number of nitrogens with one attached hydrogen (secondary N) is 1. The summed E-state index contributed by atoms with van der Waals surface area (Å²) >= 11 is 0. The number of aliphatic hydroxyl groups is 1. The quantitative estimate of drug-likeness (QED) is 0.831. The van der Waals surface area contributed by atoms with Crippen LogP contribution in [0.5, 0.6) is 5.75 Å². The number of aryl methyl sites for hydroxylation is 1. The molecule has 1 spiro atoms. The molecule has 1 saturated heterocycles. The Labute approximate surface area is 174 Å². The number of likely N-dealkylation sites (tertiary alicyclic amines) is 1. The molecule has 0 unspecified atom stereocenters. The zero-order valence-electron chi connectivity index (χ0n) is 17.9. The van der Waals surface area contributed by atoms with E-state index in [0.29, 0.717) is 0 Å². The molecule has 2 N–H and O–H groups in total. The molecule has 0 bridgehead atoms. The van der Waals surface area contributed by atoms with Gasteiger partial charge in [-0.1, -0.05) is 12.8 Å². The minimum Gasteiger partial charge on any atom is -0.497 e. The third kappa shape index (κ3) is 3.18. The van der Waals surface area contributed by atoms with E-state index in [1.807, 2.05) is 0 Å². The smallest absolute Gasteiger partial charge is 0.120 e. The van der Waals surface area contributed by atoms with Crippen LogP contribution in [0.25, 0.3) is 10.9 Å². The normalized spacial score (nSPS) is 25.0. The van der Waals surface area contributed by atoms with E-state index >= 15 is 0 Å². The van der Waals surface area contributed by atoms with Crippen LogP contribution in [0.3, 0.4) is 0 Å². The van der Waals surface area contributed by atoms with E-state index < -0.39 is 0 Å². The van der Waals surface area contributed by atoms with Gasteiger partial charge in [-0.3, -0.25) is 0 Å². The van der Waals surface area contributed by atoms with Gasteiger partial charge in [-0.15, -0.1) is 0 Å². The van der Waals surface area contributed by atoms with Gasteiger partial charge in [0.2, 0.25) is 0 Å². The number of piperidine rings is 1. The summed E-state index contributed by atoms with van der Waals surface area (Å²) in [5, 5.41) is 15.1. The maximum atomic E-state index is 10.1. The van der Waals surface area contributed by atoms with E-state index in [9.17, 15) is 5.11 Å². The first-order valence-electron chi connectivity index (χ1n) is 11.4. The molecule has 1 aromatic heterocycles. The molecule has 3 aliphatic rings. The lowest BCUT2D eigenvalue weighted by Crippen LogP contribution is -2.53. The van der Waals surface area contributed by atoms with Crippen molar-refractivity contribution in [2.45, 2.75) is 50.0 Å². The number of methoxy groups -OCH3 is 1. The Morgan fingerprint density at radius 1 is 1.21 bits per heavy atom. The predicted octanol–water partition coefficient (Wildman–Crippen LogP) is 3.35. The van der Waals surface area contributed by atoms with Crippen LogP contribution in [-0.2, 0) is 12.5 Å². The second kappa shape index (κ2) is 7.60. The summed E-state index contributed by atoms with van der Waals surface area (Å²) < 4.78 is 7.78. The molecule has 2 aromatic rings. The first kappa shape index (κ1) is 19.4. The highest BCUT2D eigenvalue weighted by molar-refractivity contribution is 5.88. The van der Waals surface area contributed by atoms with Crippen LogP contribution >= 0.6 is 0 Å². The van der Waals surface area contributed by atoms with Crippen LogP contribution in [0.2, 0.25) is 0 Å². The van der Waals surface area contributed by atoms with Crippen molar-refractivity contribution in [3.8, 4) is 5.75 Å². The fourth-order valence-corrected chi connectivity index (χ4v) is 6.33. The average Bonchev–Trinajstić information content (AvgIpc) is 3.37. The lowest BCUT2D eigenvalue weighted by Gasteiger charge is -2.47. The lowest BCUT2D eigenvalue weighted by molar-refractivity contribution is 0.122. The molecular formula is C24H35N3O2. The van der Waals surface area contributed by atoms with Crippen molar-refractivity contribution in [2.24, 2.45) is 13.0 Å². The molecule has 0 amide bonds. The zero-order valence-corrected chi connectivity index (χ0v) is 17.9. The average molecular weight is 398 g/mol. The minimum atomic E-state index is 0.00976. The Morgan fingerprint density at radius 3 is 2.66 bits per heavy atom. The third-order valence-electron chi connectivity index (χ3n) is 7.99. The first-order valence-corrected chi connectivity index (χ1v) is 11.4. The molecule has 1 aliphatic carbocycles. The second-order valence-corrected chi connectivity index (χ2v) is 9.55. The van der Waals surface area contributed by atoms with Crippen molar-refractivity contribution in [3.63, 3.8) is 0 Å². The summed E-state index contributed by atoms with van der Waals surface area (Å²) in [5.74, 6) is 1.82. The number of benzene rings is 1. The molecule has 5 rings (SSSR count). The SMILES string of the molecule is COc1ccc2c3c(n(C)c2c1)[C@@H](CO)NCC31CCN(CC2CCCC2)CC1. The molecule has 29 heavy (non-hydrogen) atoms. The van der Waals surface area contributed by atoms with Crippen LogP contribution in [0.4, 0.5) is 0 Å². The largest absolute Gasteiger partial charge is 0.497 e. The molecular weight excluding hydrogens is 362 g/mol. The highest BCUT2D eigenvalue weighted by Crippen LogP contribution is 2.47. The molecule has 0 radical (unpaired) electrons. The number of rotatable bonds is 4. The minimum absolute atomic E-state index is 0.00976. The van der Waals surface area contributed by atoms with Crippen LogP contribution in [-0.4, -0.2) is 54.5 Å². The van der Waals surface area contributed by atoms with Crippen molar-refractivity contribution in [3.05, 3.63) is 29.5 Å². The van der Waals surface area contributed by atoms with Crippen molar-refractivity contribution in [1.29, 1.82) is 0 Å². The van der Waals surface area contributed by atoms with Gasteiger partial charge in [0.1, 0.15) is 5.75 Å². The number of nitrogens with zero attached hydrogens (tertiary/aromatic N) is 2. The molecule has 5 heteroatoms. The Kier molecular flexibility index (Phi) is 5.09. The maximum Gasteiger partial charge on any atom is 0.120 e. The molecule has 1 saturated carbocycles. The highest BCUT2D eigenvalue weighted by atomic mass is 16.5. The molecule has 158 valence electrons. The number of aliphatic hydroxyl groups excluding tert-OH is 1. The number of fused-ring (bicyclic) bond motifs is 4. The van der Waals surface area contributed by atoms with Gasteiger partial charge in [-0.2, -0.15) is 0 Å². The van der Waals surface area contributed by atoms with E-state index in [1.54, 1.807) is 7.11 Å². The Morgan fingerprint density at radius 2 is 1.97 bits per heavy atom. The standard InChI is InChI=1S/C24H35N3O2/c1-26-21-13-18(29-2)7-8-19(21)22-23(26)20(15-28)25-16-24(22)9-11-27(12-10-24)14-17-5-3-4-6-17/h7-8,13,17,20,25,28H,3-6,9-12,14-16H2,1-2H3/t20-/m1/s1. The number of aromatic nitrogens is 1. The van der Waals surface area contributed by atoms with E-state index in [0.717, 1.165) is 18.2 Å². The first-order chi connectivity index (χ1) is 14.1. The molecule has 2 aliphatic heterocycles. The Balaban J connectivity index is 1.49. The van der Waals surface area contributed by atoms with E-state index in [2.05, 4.69) is 40.0 Å². The van der Waals surface area contributed by atoms with Gasteiger partial charge in [0.25, 0.3) is 0 Å². The molecule has 5 nitrogen and oxygen atoms in total. The monoisotopic (exact) mass is 397 g/mol. The van der Waals surface area contributed by atoms with Gasteiger partial charge in [0.05, 0.1) is 25.3 Å². The summed E-state index contributed by atoms with van der Waals surface area (Å²) in [5.41, 5.74) is 4.13. The summed E-state index contributed by atoms with van der Waals surface area (Å²) in [4.78, 5) is 2.72.